The summed E-state index contributed by atoms with van der Waals surface area (Å²) in [5.41, 5.74) is 5.31. The summed E-state index contributed by atoms with van der Waals surface area (Å²) in [4.78, 5) is 16.1. The SMILES string of the molecule is CCCc1cccc(O)c1.Cc1nc(CCOc2cccc(CCc3cn(-c4ccccc4)cc3C(=O)O)c2)c(C)o1. The number of hydrogen-bond donors (Lipinski definition) is 2. The van der Waals surface area contributed by atoms with Crippen LogP contribution in [0.4, 0.5) is 0 Å². The van der Waals surface area contributed by atoms with E-state index in [0.717, 1.165) is 53.3 Å². The molecule has 2 heterocycles. The zero-order valence-corrected chi connectivity index (χ0v) is 24.4. The van der Waals surface area contributed by atoms with Gasteiger partial charge in [0.1, 0.15) is 17.3 Å². The molecular weight excluding hydrogens is 528 g/mol. The van der Waals surface area contributed by atoms with Crippen molar-refractivity contribution >= 4 is 5.97 Å². The normalized spacial score (nSPS) is 10.6. The molecule has 0 saturated heterocycles. The second-order valence-electron chi connectivity index (χ2n) is 10.1. The Morgan fingerprint density at radius 3 is 2.29 bits per heavy atom. The molecule has 2 N–H and O–H groups in total. The maximum Gasteiger partial charge on any atom is 0.337 e. The number of hydrogen-bond acceptors (Lipinski definition) is 5. The van der Waals surface area contributed by atoms with Gasteiger partial charge in [-0.1, -0.05) is 55.8 Å². The van der Waals surface area contributed by atoms with Crippen LogP contribution in [0.15, 0.2) is 95.7 Å². The van der Waals surface area contributed by atoms with Crippen molar-refractivity contribution in [1.82, 2.24) is 9.55 Å². The Balaban J connectivity index is 0.000000343. The number of ether oxygens (including phenoxy) is 1. The molecule has 7 heteroatoms. The molecule has 3 aromatic carbocycles. The van der Waals surface area contributed by atoms with E-state index in [0.29, 0.717) is 36.7 Å². The lowest BCUT2D eigenvalue weighted by molar-refractivity contribution is 0.0696. The minimum atomic E-state index is -0.912. The van der Waals surface area contributed by atoms with Crippen molar-refractivity contribution in [3.63, 3.8) is 0 Å². The monoisotopic (exact) mass is 566 g/mol. The number of phenolic OH excluding ortho intramolecular Hbond substituents is 1. The first-order valence-corrected chi connectivity index (χ1v) is 14.2. The van der Waals surface area contributed by atoms with Crippen LogP contribution in [0.3, 0.4) is 0 Å². The van der Waals surface area contributed by atoms with Crippen LogP contribution in [-0.4, -0.2) is 32.3 Å². The van der Waals surface area contributed by atoms with Crippen LogP contribution in [0.25, 0.3) is 5.69 Å². The van der Waals surface area contributed by atoms with Gasteiger partial charge in [-0.05, 0) is 79.3 Å². The first kappa shape index (κ1) is 30.2. The fourth-order valence-electron chi connectivity index (χ4n) is 4.78. The molecule has 0 aliphatic carbocycles. The van der Waals surface area contributed by atoms with Gasteiger partial charge in [0, 0.05) is 31.4 Å². The first-order chi connectivity index (χ1) is 20.3. The largest absolute Gasteiger partial charge is 0.508 e. The van der Waals surface area contributed by atoms with E-state index in [1.165, 1.54) is 5.56 Å². The lowest BCUT2D eigenvalue weighted by Crippen LogP contribution is -2.03. The summed E-state index contributed by atoms with van der Waals surface area (Å²) >= 11 is 0. The Labute approximate surface area is 247 Å². The Morgan fingerprint density at radius 2 is 1.62 bits per heavy atom. The number of nitrogens with zero attached hydrogens (tertiary/aromatic N) is 2. The lowest BCUT2D eigenvalue weighted by atomic mass is 10.0. The molecule has 0 amide bonds. The highest BCUT2D eigenvalue weighted by molar-refractivity contribution is 5.89. The molecule has 2 aromatic heterocycles. The molecule has 0 unspecified atom stereocenters. The minimum Gasteiger partial charge on any atom is -0.508 e. The van der Waals surface area contributed by atoms with Gasteiger partial charge in [-0.3, -0.25) is 0 Å². The van der Waals surface area contributed by atoms with E-state index in [1.807, 2.05) is 97.4 Å². The van der Waals surface area contributed by atoms with Gasteiger partial charge < -0.3 is 23.9 Å². The number of benzene rings is 3. The van der Waals surface area contributed by atoms with Crippen LogP contribution in [0.5, 0.6) is 11.5 Å². The number of para-hydroxylation sites is 1. The fourth-order valence-corrected chi connectivity index (χ4v) is 4.78. The number of aryl methyl sites for hydroxylation is 5. The molecule has 0 aliphatic rings. The predicted molar refractivity (Wildman–Crippen MR) is 164 cm³/mol. The number of rotatable bonds is 11. The number of aromatic carboxylic acids is 1. The van der Waals surface area contributed by atoms with Crippen LogP contribution in [0.1, 0.15) is 57.7 Å². The second-order valence-corrected chi connectivity index (χ2v) is 10.1. The number of carboxylic acid groups (broad SMARTS) is 1. The molecule has 5 aromatic rings. The number of oxazole rings is 1. The third kappa shape index (κ3) is 8.61. The highest BCUT2D eigenvalue weighted by Crippen LogP contribution is 2.21. The Bertz CT molecular complexity index is 1590. The average molecular weight is 567 g/mol. The Hall–Kier alpha value is -4.78. The molecule has 0 radical (unpaired) electrons. The van der Waals surface area contributed by atoms with Crippen molar-refractivity contribution in [3.8, 4) is 17.2 Å². The zero-order valence-electron chi connectivity index (χ0n) is 24.4. The van der Waals surface area contributed by atoms with Crippen LogP contribution >= 0.6 is 0 Å². The number of phenols is 1. The minimum absolute atomic E-state index is 0.333. The van der Waals surface area contributed by atoms with Crippen LogP contribution < -0.4 is 4.74 Å². The van der Waals surface area contributed by atoms with Crippen molar-refractivity contribution in [2.75, 3.05) is 6.61 Å². The Kier molecular flexibility index (Phi) is 10.6. The van der Waals surface area contributed by atoms with Crippen molar-refractivity contribution in [1.29, 1.82) is 0 Å². The number of carboxylic acids is 1. The van der Waals surface area contributed by atoms with Gasteiger partial charge in [0.2, 0.25) is 0 Å². The summed E-state index contributed by atoms with van der Waals surface area (Å²) < 4.78 is 13.2. The maximum atomic E-state index is 11.7. The summed E-state index contributed by atoms with van der Waals surface area (Å²) in [6.07, 6.45) is 7.79. The second kappa shape index (κ2) is 14.7. The molecular formula is C35H38N2O5. The molecule has 0 saturated carbocycles. The summed E-state index contributed by atoms with van der Waals surface area (Å²) in [6, 6.07) is 25.1. The Morgan fingerprint density at radius 1 is 0.881 bits per heavy atom. The molecule has 0 atom stereocenters. The van der Waals surface area contributed by atoms with Gasteiger partial charge in [-0.25, -0.2) is 9.78 Å². The van der Waals surface area contributed by atoms with Crippen LogP contribution in [0.2, 0.25) is 0 Å². The molecule has 7 nitrogen and oxygen atoms in total. The van der Waals surface area contributed by atoms with E-state index < -0.39 is 5.97 Å². The van der Waals surface area contributed by atoms with Gasteiger partial charge in [0.15, 0.2) is 5.89 Å². The van der Waals surface area contributed by atoms with Gasteiger partial charge in [-0.15, -0.1) is 0 Å². The third-order valence-electron chi connectivity index (χ3n) is 6.83. The van der Waals surface area contributed by atoms with Crippen LogP contribution in [0, 0.1) is 13.8 Å². The van der Waals surface area contributed by atoms with Gasteiger partial charge in [0.05, 0.1) is 17.9 Å². The van der Waals surface area contributed by atoms with E-state index in [2.05, 4.69) is 11.9 Å². The zero-order chi connectivity index (χ0) is 29.9. The van der Waals surface area contributed by atoms with Crippen molar-refractivity contribution in [2.45, 2.75) is 52.9 Å². The standard InChI is InChI=1S/C26H26N2O4.C9H12O/c1-18-25(27-19(2)32-18)13-14-31-23-10-6-7-20(15-23)11-12-21-16-28(17-24(21)26(29)30)22-8-4-3-5-9-22;1-2-4-8-5-3-6-9(10)7-8/h3-10,15-17H,11-14H2,1-2H3,(H,29,30);3,5-7,10H,2,4H2,1H3. The molecule has 0 bridgehead atoms. The summed E-state index contributed by atoms with van der Waals surface area (Å²) in [5, 5.41) is 18.7. The fraction of sp³-hybridized carbons (Fsp3) is 0.257. The van der Waals surface area contributed by atoms with Crippen molar-refractivity contribution in [2.24, 2.45) is 0 Å². The first-order valence-electron chi connectivity index (χ1n) is 14.2. The predicted octanol–water partition coefficient (Wildman–Crippen LogP) is 7.53. The number of aromatic nitrogens is 2. The summed E-state index contributed by atoms with van der Waals surface area (Å²) in [6.45, 7) is 6.39. The summed E-state index contributed by atoms with van der Waals surface area (Å²) in [7, 11) is 0. The number of carbonyl (C=O) groups is 1. The van der Waals surface area contributed by atoms with E-state index in [4.69, 9.17) is 14.3 Å². The average Bonchev–Trinajstić information content (AvgIpc) is 3.55. The topological polar surface area (TPSA) is 97.7 Å². The summed E-state index contributed by atoms with van der Waals surface area (Å²) in [5.74, 6) is 1.75. The molecule has 0 aliphatic heterocycles. The molecule has 42 heavy (non-hydrogen) atoms. The maximum absolute atomic E-state index is 11.7. The van der Waals surface area contributed by atoms with E-state index in [-0.39, 0.29) is 0 Å². The highest BCUT2D eigenvalue weighted by Gasteiger charge is 2.14. The van der Waals surface area contributed by atoms with Gasteiger partial charge in [0.25, 0.3) is 0 Å². The van der Waals surface area contributed by atoms with Gasteiger partial charge in [-0.2, -0.15) is 0 Å². The van der Waals surface area contributed by atoms with Crippen molar-refractivity contribution < 1.29 is 24.2 Å². The van der Waals surface area contributed by atoms with E-state index in [1.54, 1.807) is 12.3 Å². The smallest absolute Gasteiger partial charge is 0.337 e. The van der Waals surface area contributed by atoms with E-state index in [9.17, 15) is 9.90 Å². The van der Waals surface area contributed by atoms with E-state index >= 15 is 0 Å². The molecule has 0 fully saturated rings. The highest BCUT2D eigenvalue weighted by atomic mass is 16.5. The molecule has 5 rings (SSSR count). The quantitative estimate of drug-likeness (QED) is 0.171. The lowest BCUT2D eigenvalue weighted by Gasteiger charge is -2.08. The molecule has 0 spiro atoms. The molecule has 218 valence electrons. The van der Waals surface area contributed by atoms with Crippen LogP contribution in [-0.2, 0) is 25.7 Å². The van der Waals surface area contributed by atoms with Gasteiger partial charge >= 0.3 is 5.97 Å². The van der Waals surface area contributed by atoms with Crippen molar-refractivity contribution in [3.05, 3.63) is 131 Å². The number of aromatic hydroxyl groups is 1. The third-order valence-corrected chi connectivity index (χ3v) is 6.83.